The van der Waals surface area contributed by atoms with Crippen LogP contribution in [0.25, 0.3) is 0 Å². The van der Waals surface area contributed by atoms with Gasteiger partial charge >= 0.3 is 0 Å². The van der Waals surface area contributed by atoms with Crippen LogP contribution >= 0.6 is 0 Å². The van der Waals surface area contributed by atoms with E-state index in [4.69, 9.17) is 10.2 Å². The van der Waals surface area contributed by atoms with Crippen LogP contribution in [0, 0.1) is 0 Å². The van der Waals surface area contributed by atoms with Gasteiger partial charge in [-0.25, -0.2) is 0 Å². The normalized spacial score (nSPS) is 13.2. The number of nitrogens with one attached hydrogen (secondary N) is 1. The van der Waals surface area contributed by atoms with Gasteiger partial charge in [-0.05, 0) is 18.6 Å². The second kappa shape index (κ2) is 4.95. The second-order valence-electron chi connectivity index (χ2n) is 2.72. The van der Waals surface area contributed by atoms with Gasteiger partial charge in [0.15, 0.2) is 0 Å². The van der Waals surface area contributed by atoms with Crippen molar-refractivity contribution in [1.82, 2.24) is 5.32 Å². The summed E-state index contributed by atoms with van der Waals surface area (Å²) in [6.07, 6.45) is 2.72. The van der Waals surface area contributed by atoms with E-state index in [0.29, 0.717) is 12.6 Å². The third-order valence-corrected chi connectivity index (χ3v) is 1.83. The van der Waals surface area contributed by atoms with E-state index in [0.717, 1.165) is 18.7 Å². The molecule has 1 aromatic rings. The smallest absolute Gasteiger partial charge is 0.120 e. The Balaban J connectivity index is 2.45. The van der Waals surface area contributed by atoms with Gasteiger partial charge in [0.25, 0.3) is 0 Å². The summed E-state index contributed by atoms with van der Waals surface area (Å²) in [6.45, 7) is 3.62. The fourth-order valence-corrected chi connectivity index (χ4v) is 1.19. The molecule has 1 rings (SSSR count). The molecule has 0 aliphatic carbocycles. The van der Waals surface area contributed by atoms with Crippen LogP contribution in [0.3, 0.4) is 0 Å². The van der Waals surface area contributed by atoms with Gasteiger partial charge in [0, 0.05) is 13.1 Å². The van der Waals surface area contributed by atoms with Crippen LogP contribution in [0.4, 0.5) is 0 Å². The number of rotatable bonds is 5. The summed E-state index contributed by atoms with van der Waals surface area (Å²) in [5, 5.41) is 3.30. The topological polar surface area (TPSA) is 51.2 Å². The second-order valence-corrected chi connectivity index (χ2v) is 2.72. The number of nitrogens with two attached hydrogens (primary N) is 1. The molecule has 0 fully saturated rings. The maximum absolute atomic E-state index is 5.39. The van der Waals surface area contributed by atoms with Gasteiger partial charge in [0.2, 0.25) is 0 Å². The lowest BCUT2D eigenvalue weighted by atomic mass is 10.2. The van der Waals surface area contributed by atoms with Crippen molar-refractivity contribution in [2.24, 2.45) is 5.73 Å². The van der Waals surface area contributed by atoms with Gasteiger partial charge in [-0.15, -0.1) is 0 Å². The highest BCUT2D eigenvalue weighted by Gasteiger charge is 2.09. The standard InChI is InChI=1S/C9H16N2O/c1-2-8(11-6-5-10)9-4-3-7-12-9/h3-4,7-8,11H,2,5-6,10H2,1H3. The van der Waals surface area contributed by atoms with Gasteiger partial charge in [0.05, 0.1) is 12.3 Å². The molecule has 3 heteroatoms. The van der Waals surface area contributed by atoms with Crippen LogP contribution in [0.2, 0.25) is 0 Å². The molecular weight excluding hydrogens is 152 g/mol. The Morgan fingerprint density at radius 1 is 1.67 bits per heavy atom. The van der Waals surface area contributed by atoms with E-state index in [9.17, 15) is 0 Å². The molecule has 12 heavy (non-hydrogen) atoms. The predicted molar refractivity (Wildman–Crippen MR) is 48.8 cm³/mol. The Bertz CT molecular complexity index is 196. The minimum absolute atomic E-state index is 0.309. The summed E-state index contributed by atoms with van der Waals surface area (Å²) in [4.78, 5) is 0. The van der Waals surface area contributed by atoms with Crippen molar-refractivity contribution in [3.05, 3.63) is 24.2 Å². The summed E-state index contributed by atoms with van der Waals surface area (Å²) < 4.78 is 5.28. The number of hydrogen-bond acceptors (Lipinski definition) is 3. The lowest BCUT2D eigenvalue weighted by molar-refractivity contribution is 0.408. The van der Waals surface area contributed by atoms with Crippen molar-refractivity contribution in [1.29, 1.82) is 0 Å². The predicted octanol–water partition coefficient (Wildman–Crippen LogP) is 1.28. The minimum Gasteiger partial charge on any atom is -0.468 e. The van der Waals surface area contributed by atoms with E-state index < -0.39 is 0 Å². The molecule has 0 amide bonds. The molecule has 68 valence electrons. The Morgan fingerprint density at radius 2 is 2.50 bits per heavy atom. The van der Waals surface area contributed by atoms with Crippen LogP contribution < -0.4 is 11.1 Å². The van der Waals surface area contributed by atoms with Gasteiger partial charge in [-0.2, -0.15) is 0 Å². The van der Waals surface area contributed by atoms with Crippen molar-refractivity contribution < 1.29 is 4.42 Å². The van der Waals surface area contributed by atoms with Crippen LogP contribution in [0.15, 0.2) is 22.8 Å². The van der Waals surface area contributed by atoms with Crippen molar-refractivity contribution in [3.63, 3.8) is 0 Å². The zero-order chi connectivity index (χ0) is 8.81. The van der Waals surface area contributed by atoms with Gasteiger partial charge in [-0.3, -0.25) is 0 Å². The van der Waals surface area contributed by atoms with Crippen LogP contribution in [-0.4, -0.2) is 13.1 Å². The van der Waals surface area contributed by atoms with E-state index in [-0.39, 0.29) is 0 Å². The van der Waals surface area contributed by atoms with Crippen molar-refractivity contribution in [2.45, 2.75) is 19.4 Å². The summed E-state index contributed by atoms with van der Waals surface area (Å²) in [6, 6.07) is 4.20. The Hall–Kier alpha value is -0.800. The summed E-state index contributed by atoms with van der Waals surface area (Å²) in [7, 11) is 0. The molecule has 3 nitrogen and oxygen atoms in total. The van der Waals surface area contributed by atoms with Crippen LogP contribution in [-0.2, 0) is 0 Å². The third kappa shape index (κ3) is 2.36. The van der Waals surface area contributed by atoms with Crippen molar-refractivity contribution >= 4 is 0 Å². The highest BCUT2D eigenvalue weighted by Crippen LogP contribution is 2.15. The largest absolute Gasteiger partial charge is 0.468 e. The molecule has 0 aliphatic heterocycles. The Labute approximate surface area is 72.9 Å². The first-order valence-electron chi connectivity index (χ1n) is 4.35. The molecule has 0 aliphatic rings. The molecule has 0 aromatic carbocycles. The fourth-order valence-electron chi connectivity index (χ4n) is 1.19. The molecule has 0 bridgehead atoms. The molecule has 1 aromatic heterocycles. The lowest BCUT2D eigenvalue weighted by Gasteiger charge is -2.12. The van der Waals surface area contributed by atoms with Gasteiger partial charge in [0.1, 0.15) is 5.76 Å². The molecule has 1 unspecified atom stereocenters. The minimum atomic E-state index is 0.309. The molecular formula is C9H16N2O. The summed E-state index contributed by atoms with van der Waals surface area (Å²) in [5.74, 6) is 0.992. The maximum atomic E-state index is 5.39. The maximum Gasteiger partial charge on any atom is 0.120 e. The zero-order valence-corrected chi connectivity index (χ0v) is 7.42. The fraction of sp³-hybridized carbons (Fsp3) is 0.556. The molecule has 0 saturated heterocycles. The first-order valence-corrected chi connectivity index (χ1v) is 4.35. The SMILES string of the molecule is CCC(NCCN)c1ccco1. The molecule has 1 atom stereocenters. The highest BCUT2D eigenvalue weighted by atomic mass is 16.3. The first kappa shape index (κ1) is 9.29. The molecule has 1 heterocycles. The van der Waals surface area contributed by atoms with Gasteiger partial charge in [-0.1, -0.05) is 6.92 Å². The lowest BCUT2D eigenvalue weighted by Crippen LogP contribution is -2.26. The van der Waals surface area contributed by atoms with Crippen molar-refractivity contribution in [2.75, 3.05) is 13.1 Å². The van der Waals surface area contributed by atoms with E-state index in [1.165, 1.54) is 0 Å². The van der Waals surface area contributed by atoms with E-state index in [1.54, 1.807) is 6.26 Å². The monoisotopic (exact) mass is 168 g/mol. The third-order valence-electron chi connectivity index (χ3n) is 1.83. The quantitative estimate of drug-likeness (QED) is 0.696. The average Bonchev–Trinajstić information content (AvgIpc) is 2.59. The van der Waals surface area contributed by atoms with E-state index in [1.807, 2.05) is 12.1 Å². The Kier molecular flexibility index (Phi) is 3.84. The first-order chi connectivity index (χ1) is 5.88. The summed E-state index contributed by atoms with van der Waals surface area (Å²) >= 11 is 0. The summed E-state index contributed by atoms with van der Waals surface area (Å²) in [5.41, 5.74) is 5.39. The average molecular weight is 168 g/mol. The number of furan rings is 1. The van der Waals surface area contributed by atoms with Crippen molar-refractivity contribution in [3.8, 4) is 0 Å². The Morgan fingerprint density at radius 3 is 3.00 bits per heavy atom. The number of hydrogen-bond donors (Lipinski definition) is 2. The van der Waals surface area contributed by atoms with E-state index >= 15 is 0 Å². The van der Waals surface area contributed by atoms with Crippen LogP contribution in [0.5, 0.6) is 0 Å². The highest BCUT2D eigenvalue weighted by molar-refractivity contribution is 5.03. The zero-order valence-electron chi connectivity index (χ0n) is 7.42. The van der Waals surface area contributed by atoms with E-state index in [2.05, 4.69) is 12.2 Å². The molecule has 0 saturated carbocycles. The van der Waals surface area contributed by atoms with Gasteiger partial charge < -0.3 is 15.5 Å². The van der Waals surface area contributed by atoms with Crippen LogP contribution in [0.1, 0.15) is 25.1 Å². The molecule has 3 N–H and O–H groups in total. The molecule has 0 spiro atoms. The molecule has 0 radical (unpaired) electrons.